The minimum absolute atomic E-state index is 0.197. The zero-order valence-electron chi connectivity index (χ0n) is 18.1. The van der Waals surface area contributed by atoms with Gasteiger partial charge in [-0.05, 0) is 36.1 Å². The van der Waals surface area contributed by atoms with E-state index < -0.39 is 6.04 Å². The van der Waals surface area contributed by atoms with Gasteiger partial charge in [-0.3, -0.25) is 9.89 Å². The summed E-state index contributed by atoms with van der Waals surface area (Å²) >= 11 is 0. The van der Waals surface area contributed by atoms with Crippen LogP contribution in [0.3, 0.4) is 0 Å². The van der Waals surface area contributed by atoms with Gasteiger partial charge in [0.05, 0.1) is 0 Å². The number of aromatic nitrogens is 5. The first-order valence-electron chi connectivity index (χ1n) is 10.1. The largest absolute Gasteiger partial charge is 0.375 e. The van der Waals surface area contributed by atoms with Gasteiger partial charge in [-0.2, -0.15) is 10.1 Å². The van der Waals surface area contributed by atoms with E-state index in [2.05, 4.69) is 49.5 Å². The van der Waals surface area contributed by atoms with Crippen LogP contribution in [-0.2, 0) is 0 Å². The van der Waals surface area contributed by atoms with Crippen molar-refractivity contribution in [1.29, 1.82) is 0 Å². The number of benzene rings is 1. The van der Waals surface area contributed by atoms with E-state index in [0.717, 1.165) is 25.1 Å². The number of hydrogen-bond donors (Lipinski definition) is 2. The average Bonchev–Trinajstić information content (AvgIpc) is 3.41. The van der Waals surface area contributed by atoms with Gasteiger partial charge in [0, 0.05) is 24.8 Å². The van der Waals surface area contributed by atoms with E-state index in [4.69, 9.17) is 4.52 Å². The van der Waals surface area contributed by atoms with Gasteiger partial charge in [-0.15, -0.1) is 0 Å². The predicted molar refractivity (Wildman–Crippen MR) is 114 cm³/mol. The fourth-order valence-corrected chi connectivity index (χ4v) is 3.02. The Morgan fingerprint density at radius 3 is 2.60 bits per heavy atom. The number of unbranched alkanes of at least 4 members (excludes halogenated alkanes) is 1. The molecule has 3 aromatic rings. The Bertz CT molecular complexity index is 943. The summed E-state index contributed by atoms with van der Waals surface area (Å²) in [5.41, 5.74) is 1.31. The van der Waals surface area contributed by atoms with Crippen LogP contribution in [0, 0.1) is 5.41 Å². The van der Waals surface area contributed by atoms with Crippen LogP contribution in [0.4, 0.5) is 5.69 Å². The van der Waals surface area contributed by atoms with Crippen molar-refractivity contribution in [2.75, 3.05) is 18.5 Å². The maximum atomic E-state index is 12.9. The van der Waals surface area contributed by atoms with Crippen molar-refractivity contribution in [2.45, 2.75) is 46.6 Å². The van der Waals surface area contributed by atoms with Gasteiger partial charge >= 0.3 is 0 Å². The second-order valence-electron chi connectivity index (χ2n) is 8.38. The summed E-state index contributed by atoms with van der Waals surface area (Å²) in [6.07, 6.45) is 3.65. The zero-order chi connectivity index (χ0) is 21.7. The molecule has 3 rings (SSSR count). The van der Waals surface area contributed by atoms with Crippen LogP contribution in [0.15, 0.2) is 35.1 Å². The molecule has 0 aliphatic carbocycles. The molecule has 9 nitrogen and oxygen atoms in total. The Kier molecular flexibility index (Phi) is 6.49. The molecule has 1 amide bonds. The minimum Gasteiger partial charge on any atom is -0.375 e. The van der Waals surface area contributed by atoms with Crippen molar-refractivity contribution in [3.05, 3.63) is 42.0 Å². The van der Waals surface area contributed by atoms with Crippen molar-refractivity contribution in [3.8, 4) is 11.6 Å². The number of carbonyl (C=O) groups is 1. The molecule has 0 spiro atoms. The van der Waals surface area contributed by atoms with E-state index >= 15 is 0 Å². The normalized spacial score (nSPS) is 12.6. The Morgan fingerprint density at radius 1 is 1.27 bits per heavy atom. The molecule has 160 valence electrons. The highest BCUT2D eigenvalue weighted by molar-refractivity contribution is 5.94. The Balaban J connectivity index is 1.75. The lowest BCUT2D eigenvalue weighted by Crippen LogP contribution is -2.37. The smallest absolute Gasteiger partial charge is 0.251 e. The highest BCUT2D eigenvalue weighted by atomic mass is 16.5. The number of H-pyrrole nitrogens is 1. The van der Waals surface area contributed by atoms with Gasteiger partial charge < -0.3 is 14.7 Å². The lowest BCUT2D eigenvalue weighted by Gasteiger charge is -2.28. The molecule has 30 heavy (non-hydrogen) atoms. The molecule has 1 atom stereocenters. The molecule has 0 saturated heterocycles. The first kappa shape index (κ1) is 21.5. The molecule has 9 heteroatoms. The molecule has 0 unspecified atom stereocenters. The van der Waals surface area contributed by atoms with E-state index in [0.29, 0.717) is 23.1 Å². The van der Waals surface area contributed by atoms with Gasteiger partial charge in [0.2, 0.25) is 11.7 Å². The number of aromatic amines is 1. The molecular weight excluding hydrogens is 382 g/mol. The molecule has 0 aliphatic rings. The second kappa shape index (κ2) is 9.06. The highest BCUT2D eigenvalue weighted by Gasteiger charge is 2.33. The molecule has 0 saturated carbocycles. The fourth-order valence-electron chi connectivity index (χ4n) is 3.02. The lowest BCUT2D eigenvalue weighted by molar-refractivity contribution is 0.0881. The summed E-state index contributed by atoms with van der Waals surface area (Å²) in [6, 6.07) is 7.12. The summed E-state index contributed by atoms with van der Waals surface area (Å²) in [5.74, 6) is 0.826. The number of rotatable bonds is 8. The quantitative estimate of drug-likeness (QED) is 0.582. The van der Waals surface area contributed by atoms with Crippen LogP contribution in [-0.4, -0.2) is 44.8 Å². The van der Waals surface area contributed by atoms with Gasteiger partial charge in [-0.1, -0.05) is 39.3 Å². The Hall–Kier alpha value is -3.23. The molecule has 1 aromatic carbocycles. The van der Waals surface area contributed by atoms with Crippen molar-refractivity contribution < 1.29 is 9.32 Å². The number of nitrogens with one attached hydrogen (secondary N) is 2. The minimum atomic E-state index is -0.471. The van der Waals surface area contributed by atoms with Crippen LogP contribution in [0.1, 0.15) is 62.8 Å². The maximum Gasteiger partial charge on any atom is 0.251 e. The molecule has 2 heterocycles. The molecule has 0 bridgehead atoms. The van der Waals surface area contributed by atoms with Gasteiger partial charge in [0.1, 0.15) is 12.4 Å². The molecule has 0 aliphatic heterocycles. The Morgan fingerprint density at radius 2 is 2.00 bits per heavy atom. The summed E-state index contributed by atoms with van der Waals surface area (Å²) in [5, 5.41) is 13.5. The topological polar surface area (TPSA) is 113 Å². The lowest BCUT2D eigenvalue weighted by atomic mass is 9.86. The SMILES string of the molecule is CCCCN(C)c1ccc(C(=O)N[C@H](c2nc(-c3ncn[nH]3)no2)C(C)(C)C)cc1. The second-order valence-corrected chi connectivity index (χ2v) is 8.38. The molecule has 2 aromatic heterocycles. The molecule has 0 fully saturated rings. The molecule has 0 radical (unpaired) electrons. The first-order chi connectivity index (χ1) is 14.3. The van der Waals surface area contributed by atoms with Crippen molar-refractivity contribution in [1.82, 2.24) is 30.6 Å². The third kappa shape index (κ3) is 5.03. The van der Waals surface area contributed by atoms with Gasteiger partial charge in [0.15, 0.2) is 5.82 Å². The van der Waals surface area contributed by atoms with Gasteiger partial charge in [0.25, 0.3) is 5.91 Å². The maximum absolute atomic E-state index is 12.9. The monoisotopic (exact) mass is 411 g/mol. The molecule has 2 N–H and O–H groups in total. The van der Waals surface area contributed by atoms with E-state index in [1.54, 1.807) is 0 Å². The summed E-state index contributed by atoms with van der Waals surface area (Å²) in [6.45, 7) is 9.16. The third-order valence-electron chi connectivity index (χ3n) is 4.87. The summed E-state index contributed by atoms with van der Waals surface area (Å²) in [4.78, 5) is 23.5. The van der Waals surface area contributed by atoms with Crippen LogP contribution in [0.2, 0.25) is 0 Å². The number of nitrogens with zero attached hydrogens (tertiary/aromatic N) is 5. The van der Waals surface area contributed by atoms with Crippen LogP contribution >= 0.6 is 0 Å². The number of amides is 1. The van der Waals surface area contributed by atoms with E-state index in [1.807, 2.05) is 45.0 Å². The van der Waals surface area contributed by atoms with Crippen LogP contribution < -0.4 is 10.2 Å². The van der Waals surface area contributed by atoms with E-state index in [9.17, 15) is 4.79 Å². The van der Waals surface area contributed by atoms with Crippen molar-refractivity contribution in [3.63, 3.8) is 0 Å². The number of anilines is 1. The predicted octanol–water partition coefficient (Wildman–Crippen LogP) is 3.61. The zero-order valence-corrected chi connectivity index (χ0v) is 18.1. The number of hydrogen-bond acceptors (Lipinski definition) is 7. The standard InChI is InChI=1S/C21H29N7O2/c1-6-7-12-28(5)15-10-8-14(9-11-15)19(29)24-16(21(2,3)4)20-25-18(27-30-20)17-22-13-23-26-17/h8-11,13,16H,6-7,12H2,1-5H3,(H,24,29)(H,22,23,26)/t16-/m1/s1. The third-order valence-corrected chi connectivity index (χ3v) is 4.87. The van der Waals surface area contributed by atoms with Crippen LogP contribution in [0.25, 0.3) is 11.6 Å². The van der Waals surface area contributed by atoms with Gasteiger partial charge in [-0.25, -0.2) is 4.98 Å². The fraction of sp³-hybridized carbons (Fsp3) is 0.476. The van der Waals surface area contributed by atoms with Crippen LogP contribution in [0.5, 0.6) is 0 Å². The highest BCUT2D eigenvalue weighted by Crippen LogP contribution is 2.33. The van der Waals surface area contributed by atoms with E-state index in [-0.39, 0.29) is 11.3 Å². The first-order valence-corrected chi connectivity index (χ1v) is 10.1. The number of carbonyl (C=O) groups excluding carboxylic acids is 1. The van der Waals surface area contributed by atoms with E-state index in [1.165, 1.54) is 6.33 Å². The summed E-state index contributed by atoms with van der Waals surface area (Å²) in [7, 11) is 2.06. The Labute approximate surface area is 176 Å². The van der Waals surface area contributed by atoms with Crippen molar-refractivity contribution >= 4 is 11.6 Å². The molecular formula is C21H29N7O2. The van der Waals surface area contributed by atoms with Crippen molar-refractivity contribution in [2.24, 2.45) is 5.41 Å². The average molecular weight is 412 g/mol. The summed E-state index contributed by atoms with van der Waals surface area (Å²) < 4.78 is 5.43.